The Balaban J connectivity index is 2.39. The van der Waals surface area contributed by atoms with E-state index in [0.29, 0.717) is 0 Å². The van der Waals surface area contributed by atoms with E-state index in [1.54, 1.807) is 11.3 Å². The van der Waals surface area contributed by atoms with Gasteiger partial charge in [-0.05, 0) is 38.7 Å². The van der Waals surface area contributed by atoms with Crippen molar-refractivity contribution in [2.75, 3.05) is 0 Å². The summed E-state index contributed by atoms with van der Waals surface area (Å²) >= 11 is 1.67. The molecule has 0 spiro atoms. The Labute approximate surface area is 149 Å². The largest absolute Gasteiger partial charge is 0.481 e. The second kappa shape index (κ2) is 12.2. The minimum absolute atomic E-state index is 0.264. The number of carboxylic acid groups (broad SMARTS) is 1. The summed E-state index contributed by atoms with van der Waals surface area (Å²) in [6.07, 6.45) is 12.7. The van der Waals surface area contributed by atoms with E-state index in [1.807, 2.05) is 19.1 Å². The van der Waals surface area contributed by atoms with Crippen molar-refractivity contribution in [3.63, 3.8) is 0 Å². The molecule has 1 aromatic rings. The van der Waals surface area contributed by atoms with Crippen LogP contribution >= 0.6 is 11.3 Å². The molecular weight excluding hydrogens is 322 g/mol. The van der Waals surface area contributed by atoms with Gasteiger partial charge in [-0.25, -0.2) is 4.98 Å². The molecule has 0 saturated carbocycles. The Hall–Kier alpha value is -1.20. The maximum absolute atomic E-state index is 10.5. The number of aliphatic hydroxyl groups excluding tert-OH is 1. The predicted molar refractivity (Wildman–Crippen MR) is 100 cm³/mol. The zero-order valence-electron chi connectivity index (χ0n) is 15.0. The maximum Gasteiger partial charge on any atom is 0.303 e. The minimum atomic E-state index is -0.713. The van der Waals surface area contributed by atoms with Crippen molar-refractivity contribution in [2.24, 2.45) is 0 Å². The van der Waals surface area contributed by atoms with E-state index in [0.717, 1.165) is 66.9 Å². The van der Waals surface area contributed by atoms with Gasteiger partial charge in [0.2, 0.25) is 0 Å². The summed E-state index contributed by atoms with van der Waals surface area (Å²) in [6.45, 7) is 4.17. The number of carboxylic acids is 1. The van der Waals surface area contributed by atoms with Gasteiger partial charge in [0.05, 0.1) is 21.7 Å². The van der Waals surface area contributed by atoms with E-state index in [9.17, 15) is 9.90 Å². The Morgan fingerprint density at radius 1 is 1.21 bits per heavy atom. The number of thiazole rings is 1. The Morgan fingerprint density at radius 3 is 2.67 bits per heavy atom. The number of rotatable bonds is 13. The van der Waals surface area contributed by atoms with Crippen LogP contribution in [-0.2, 0) is 11.2 Å². The molecule has 0 amide bonds. The van der Waals surface area contributed by atoms with Crippen LogP contribution in [-0.4, -0.2) is 27.3 Å². The first-order valence-corrected chi connectivity index (χ1v) is 9.89. The first-order chi connectivity index (χ1) is 11.5. The van der Waals surface area contributed by atoms with Crippen molar-refractivity contribution >= 4 is 23.4 Å². The number of unbranched alkanes of at least 4 members (excludes halogenated alkanes) is 5. The zero-order chi connectivity index (χ0) is 17.8. The molecule has 1 aromatic heterocycles. The third kappa shape index (κ3) is 9.18. The van der Waals surface area contributed by atoms with Gasteiger partial charge in [0, 0.05) is 6.42 Å². The fourth-order valence-corrected chi connectivity index (χ4v) is 3.50. The van der Waals surface area contributed by atoms with Crippen molar-refractivity contribution in [1.29, 1.82) is 0 Å². The molecule has 1 atom stereocenters. The molecule has 24 heavy (non-hydrogen) atoms. The molecule has 0 saturated heterocycles. The number of nitrogens with zero attached hydrogens (tertiary/aromatic N) is 1. The van der Waals surface area contributed by atoms with Gasteiger partial charge in [-0.1, -0.05) is 45.1 Å². The average molecular weight is 354 g/mol. The van der Waals surface area contributed by atoms with Gasteiger partial charge in [0.15, 0.2) is 0 Å². The van der Waals surface area contributed by atoms with Gasteiger partial charge in [0.25, 0.3) is 0 Å². The number of aliphatic carboxylic acids is 1. The molecule has 0 aromatic carbocycles. The van der Waals surface area contributed by atoms with E-state index in [-0.39, 0.29) is 12.5 Å². The maximum atomic E-state index is 10.5. The van der Waals surface area contributed by atoms with Gasteiger partial charge in [-0.2, -0.15) is 0 Å². The molecular formula is C19H31NO3S. The van der Waals surface area contributed by atoms with Gasteiger partial charge in [0.1, 0.15) is 0 Å². The molecule has 1 rings (SSSR count). The summed E-state index contributed by atoms with van der Waals surface area (Å²) in [4.78, 5) is 16.2. The molecule has 2 N–H and O–H groups in total. The monoisotopic (exact) mass is 353 g/mol. The quantitative estimate of drug-likeness (QED) is 0.490. The van der Waals surface area contributed by atoms with E-state index >= 15 is 0 Å². The molecule has 0 aliphatic carbocycles. The van der Waals surface area contributed by atoms with Crippen molar-refractivity contribution in [2.45, 2.75) is 84.2 Å². The molecule has 1 unspecified atom stereocenters. The highest BCUT2D eigenvalue weighted by Crippen LogP contribution is 2.22. The normalized spacial score (nSPS) is 12.8. The highest BCUT2D eigenvalue weighted by molar-refractivity contribution is 7.12. The summed E-state index contributed by atoms with van der Waals surface area (Å²) in [5, 5.41) is 19.7. The van der Waals surface area contributed by atoms with Gasteiger partial charge in [-0.3, -0.25) is 4.79 Å². The lowest BCUT2D eigenvalue weighted by Gasteiger charge is -2.04. The summed E-state index contributed by atoms with van der Waals surface area (Å²) in [6, 6.07) is 0. The van der Waals surface area contributed by atoms with E-state index < -0.39 is 5.97 Å². The lowest BCUT2D eigenvalue weighted by molar-refractivity contribution is -0.137. The number of carbonyl (C=O) groups is 1. The average Bonchev–Trinajstić information content (AvgIpc) is 2.88. The van der Waals surface area contributed by atoms with Crippen molar-refractivity contribution in [3.05, 3.63) is 21.7 Å². The van der Waals surface area contributed by atoms with Crippen molar-refractivity contribution in [1.82, 2.24) is 4.98 Å². The summed E-state index contributed by atoms with van der Waals surface area (Å²) in [5.74, 6) is -0.713. The van der Waals surface area contributed by atoms with Crippen LogP contribution in [0.4, 0.5) is 0 Å². The standard InChI is InChI=1S/C19H31NO3S/c1-3-4-7-10-16(21)13-14-18-17(20-15(2)24-18)11-8-5-6-9-12-19(22)23/h13-14,16,21H,3-12H2,1-2H3,(H,22,23). The predicted octanol–water partition coefficient (Wildman–Crippen LogP) is 4.98. The minimum Gasteiger partial charge on any atom is -0.481 e. The van der Waals surface area contributed by atoms with Crippen LogP contribution in [0, 0.1) is 6.92 Å². The molecule has 0 radical (unpaired) electrons. The highest BCUT2D eigenvalue weighted by atomic mass is 32.1. The molecule has 1 heterocycles. The molecule has 5 heteroatoms. The molecule has 0 aliphatic rings. The van der Waals surface area contributed by atoms with Crippen LogP contribution in [0.15, 0.2) is 6.08 Å². The smallest absolute Gasteiger partial charge is 0.303 e. The van der Waals surface area contributed by atoms with Crippen LogP contribution in [0.1, 0.15) is 80.3 Å². The van der Waals surface area contributed by atoms with Gasteiger partial charge >= 0.3 is 5.97 Å². The Bertz CT molecular complexity index is 511. The van der Waals surface area contributed by atoms with Crippen LogP contribution < -0.4 is 0 Å². The fourth-order valence-electron chi connectivity index (χ4n) is 2.62. The molecule has 0 aliphatic heterocycles. The second-order valence-electron chi connectivity index (χ2n) is 6.27. The Morgan fingerprint density at radius 2 is 1.96 bits per heavy atom. The first-order valence-electron chi connectivity index (χ1n) is 9.07. The molecule has 136 valence electrons. The first kappa shape index (κ1) is 20.8. The van der Waals surface area contributed by atoms with Crippen molar-refractivity contribution < 1.29 is 15.0 Å². The fraction of sp³-hybridized carbons (Fsp3) is 0.684. The molecule has 0 bridgehead atoms. The molecule has 4 nitrogen and oxygen atoms in total. The van der Waals surface area contributed by atoms with Crippen LogP contribution in [0.25, 0.3) is 6.08 Å². The summed E-state index contributed by atoms with van der Waals surface area (Å²) in [5.41, 5.74) is 1.10. The van der Waals surface area contributed by atoms with Crippen molar-refractivity contribution in [3.8, 4) is 0 Å². The highest BCUT2D eigenvalue weighted by Gasteiger charge is 2.07. The second-order valence-corrected chi connectivity index (χ2v) is 7.51. The third-order valence-electron chi connectivity index (χ3n) is 3.96. The van der Waals surface area contributed by atoms with Crippen LogP contribution in [0.5, 0.6) is 0 Å². The lowest BCUT2D eigenvalue weighted by Crippen LogP contribution is -2.01. The topological polar surface area (TPSA) is 70.4 Å². The number of hydrogen-bond donors (Lipinski definition) is 2. The van der Waals surface area contributed by atoms with E-state index in [4.69, 9.17) is 5.11 Å². The zero-order valence-corrected chi connectivity index (χ0v) is 15.8. The van der Waals surface area contributed by atoms with Crippen LogP contribution in [0.3, 0.4) is 0 Å². The van der Waals surface area contributed by atoms with Gasteiger partial charge < -0.3 is 10.2 Å². The lowest BCUT2D eigenvalue weighted by atomic mass is 10.1. The summed E-state index contributed by atoms with van der Waals surface area (Å²) < 4.78 is 0. The van der Waals surface area contributed by atoms with E-state index in [2.05, 4.69) is 11.9 Å². The molecule has 0 fully saturated rings. The number of hydrogen-bond acceptors (Lipinski definition) is 4. The number of aryl methyl sites for hydroxylation is 2. The van der Waals surface area contributed by atoms with Gasteiger partial charge in [-0.15, -0.1) is 11.3 Å². The van der Waals surface area contributed by atoms with E-state index in [1.165, 1.54) is 6.42 Å². The van der Waals surface area contributed by atoms with Crippen LogP contribution in [0.2, 0.25) is 0 Å². The SMILES string of the molecule is CCCCCC(O)C=Cc1sc(C)nc1CCCCCCC(=O)O. The Kier molecular flexibility index (Phi) is 10.6. The number of aromatic nitrogens is 1. The number of aliphatic hydroxyl groups is 1. The summed E-state index contributed by atoms with van der Waals surface area (Å²) in [7, 11) is 0. The third-order valence-corrected chi connectivity index (χ3v) is 4.94.